The summed E-state index contributed by atoms with van der Waals surface area (Å²) in [7, 11) is 0. The molecule has 0 radical (unpaired) electrons. The Morgan fingerprint density at radius 2 is 1.86 bits per heavy atom. The third kappa shape index (κ3) is 4.26. The highest BCUT2D eigenvalue weighted by Crippen LogP contribution is 2.45. The third-order valence-electron chi connectivity index (χ3n) is 6.30. The summed E-state index contributed by atoms with van der Waals surface area (Å²) in [5.41, 5.74) is 5.02. The van der Waals surface area contributed by atoms with Crippen molar-refractivity contribution in [3.8, 4) is 22.8 Å². The minimum Gasteiger partial charge on any atom is -0.507 e. The molecule has 1 aliphatic rings. The summed E-state index contributed by atoms with van der Waals surface area (Å²) in [4.78, 5) is 15.1. The molecule has 0 aliphatic carbocycles. The van der Waals surface area contributed by atoms with Gasteiger partial charge in [-0.15, -0.1) is 0 Å². The smallest absolute Gasteiger partial charge is 0.273 e. The number of amides is 1. The number of ether oxygens (including phenoxy) is 1. The molecule has 1 unspecified atom stereocenters. The lowest BCUT2D eigenvalue weighted by atomic mass is 9.95. The summed E-state index contributed by atoms with van der Waals surface area (Å²) >= 11 is 6.37. The molecule has 178 valence electrons. The molecule has 1 aromatic heterocycles. The highest BCUT2D eigenvalue weighted by molar-refractivity contribution is 6.31. The van der Waals surface area contributed by atoms with E-state index in [0.717, 1.165) is 34.4 Å². The maximum atomic E-state index is 13.3. The summed E-state index contributed by atoms with van der Waals surface area (Å²) in [6.45, 7) is 4.95. The number of rotatable bonds is 7. The summed E-state index contributed by atoms with van der Waals surface area (Å²) in [5, 5.41) is 18.5. The number of phenolic OH excluding ortho intramolecular Hbond substituents is 1. The summed E-state index contributed by atoms with van der Waals surface area (Å²) in [6, 6.07) is 20.8. The molecule has 2 N–H and O–H groups in total. The van der Waals surface area contributed by atoms with Crippen LogP contribution in [0.2, 0.25) is 5.02 Å². The molecule has 5 rings (SSSR count). The molecule has 2 heterocycles. The number of fused-ring (bicyclic) bond motifs is 1. The number of hydrogen-bond donors (Lipinski definition) is 2. The van der Waals surface area contributed by atoms with Gasteiger partial charge in [0.05, 0.1) is 6.04 Å². The van der Waals surface area contributed by atoms with Crippen molar-refractivity contribution in [3.63, 3.8) is 0 Å². The van der Waals surface area contributed by atoms with Crippen LogP contribution in [0.1, 0.15) is 52.1 Å². The van der Waals surface area contributed by atoms with Crippen LogP contribution in [0.15, 0.2) is 66.7 Å². The van der Waals surface area contributed by atoms with Gasteiger partial charge in [0.2, 0.25) is 0 Å². The monoisotopic (exact) mass is 487 g/mol. The zero-order valence-corrected chi connectivity index (χ0v) is 20.3. The molecular weight excluding hydrogens is 462 g/mol. The van der Waals surface area contributed by atoms with Gasteiger partial charge in [0.25, 0.3) is 5.91 Å². The van der Waals surface area contributed by atoms with Crippen molar-refractivity contribution in [2.75, 3.05) is 6.54 Å². The maximum Gasteiger partial charge on any atom is 0.273 e. The lowest BCUT2D eigenvalue weighted by Crippen LogP contribution is -2.30. The normalized spacial score (nSPS) is 14.9. The molecule has 0 fully saturated rings. The van der Waals surface area contributed by atoms with E-state index in [1.54, 1.807) is 12.1 Å². The van der Waals surface area contributed by atoms with Gasteiger partial charge in [0, 0.05) is 22.7 Å². The van der Waals surface area contributed by atoms with Crippen LogP contribution < -0.4 is 4.74 Å². The van der Waals surface area contributed by atoms with Gasteiger partial charge in [-0.25, -0.2) is 0 Å². The van der Waals surface area contributed by atoms with Crippen LogP contribution in [0.4, 0.5) is 0 Å². The van der Waals surface area contributed by atoms with Crippen molar-refractivity contribution in [1.29, 1.82) is 0 Å². The first kappa shape index (κ1) is 23.0. The van der Waals surface area contributed by atoms with Gasteiger partial charge in [-0.05, 0) is 54.3 Å². The molecule has 7 heteroatoms. The van der Waals surface area contributed by atoms with Crippen LogP contribution >= 0.6 is 11.6 Å². The van der Waals surface area contributed by atoms with E-state index < -0.39 is 0 Å². The number of aromatic nitrogens is 2. The molecule has 3 aromatic carbocycles. The number of phenols is 1. The van der Waals surface area contributed by atoms with Crippen molar-refractivity contribution < 1.29 is 14.6 Å². The predicted octanol–water partition coefficient (Wildman–Crippen LogP) is 6.28. The Kier molecular flexibility index (Phi) is 6.22. The van der Waals surface area contributed by atoms with Crippen LogP contribution in [0.5, 0.6) is 11.5 Å². The molecule has 0 saturated carbocycles. The zero-order chi connectivity index (χ0) is 24.5. The van der Waals surface area contributed by atoms with Gasteiger partial charge in [0.1, 0.15) is 29.5 Å². The number of nitrogens with zero attached hydrogens (tertiary/aromatic N) is 2. The quantitative estimate of drug-likeness (QED) is 0.321. The Hall–Kier alpha value is -3.77. The van der Waals surface area contributed by atoms with E-state index in [9.17, 15) is 9.90 Å². The second-order valence-corrected chi connectivity index (χ2v) is 9.13. The lowest BCUT2D eigenvalue weighted by molar-refractivity contribution is 0.0744. The average Bonchev–Trinajstić information content (AvgIpc) is 3.40. The number of benzene rings is 3. The number of aryl methyl sites for hydroxylation is 1. The van der Waals surface area contributed by atoms with E-state index in [-0.39, 0.29) is 17.7 Å². The molecule has 35 heavy (non-hydrogen) atoms. The molecule has 0 bridgehead atoms. The van der Waals surface area contributed by atoms with Crippen LogP contribution in [-0.4, -0.2) is 32.7 Å². The maximum absolute atomic E-state index is 13.3. The largest absolute Gasteiger partial charge is 0.507 e. The fourth-order valence-electron chi connectivity index (χ4n) is 4.56. The SMILES string of the molecule is CCCN1C(=O)c2[nH]nc(-c3cc(Cl)c(C)cc3O)c2C1c1ccc(OCc2ccccc2)cc1. The van der Waals surface area contributed by atoms with E-state index >= 15 is 0 Å². The molecular formula is C28H26ClN3O3. The number of carbonyl (C=O) groups excluding carboxylic acids is 1. The van der Waals surface area contributed by atoms with E-state index in [1.807, 2.05) is 73.3 Å². The number of carbonyl (C=O) groups is 1. The van der Waals surface area contributed by atoms with Crippen molar-refractivity contribution in [2.45, 2.75) is 32.9 Å². The minimum atomic E-state index is -0.339. The second kappa shape index (κ2) is 9.47. The average molecular weight is 488 g/mol. The van der Waals surface area contributed by atoms with E-state index in [1.165, 1.54) is 0 Å². The standard InChI is InChI=1S/C28H26ClN3O3/c1-3-13-32-27(19-9-11-20(12-10-19)35-16-18-7-5-4-6-8-18)24-25(30-31-26(24)28(32)34)21-15-22(29)17(2)14-23(21)33/h4-12,14-15,27,33H,3,13,16H2,1-2H3,(H,30,31). The van der Waals surface area contributed by atoms with Crippen LogP contribution in [0.25, 0.3) is 11.3 Å². The second-order valence-electron chi connectivity index (χ2n) is 8.72. The minimum absolute atomic E-state index is 0.0750. The number of H-pyrrole nitrogens is 1. The highest BCUT2D eigenvalue weighted by Gasteiger charge is 2.42. The Morgan fingerprint density at radius 1 is 1.11 bits per heavy atom. The topological polar surface area (TPSA) is 78.5 Å². The molecule has 0 saturated heterocycles. The first-order valence-electron chi connectivity index (χ1n) is 11.6. The number of aromatic amines is 1. The first-order chi connectivity index (χ1) is 17.0. The number of nitrogens with one attached hydrogen (secondary N) is 1. The molecule has 6 nitrogen and oxygen atoms in total. The third-order valence-corrected chi connectivity index (χ3v) is 6.71. The van der Waals surface area contributed by atoms with Gasteiger partial charge in [-0.1, -0.05) is 61.0 Å². The first-order valence-corrected chi connectivity index (χ1v) is 12.0. The predicted molar refractivity (Wildman–Crippen MR) is 136 cm³/mol. The van der Waals surface area contributed by atoms with Gasteiger partial charge in [0.15, 0.2) is 0 Å². The molecule has 1 atom stereocenters. The van der Waals surface area contributed by atoms with Crippen LogP contribution in [0.3, 0.4) is 0 Å². The lowest BCUT2D eigenvalue weighted by Gasteiger charge is -2.26. The molecule has 1 aliphatic heterocycles. The molecule has 0 spiro atoms. The van der Waals surface area contributed by atoms with Gasteiger partial charge >= 0.3 is 0 Å². The molecule has 1 amide bonds. The van der Waals surface area contributed by atoms with Crippen LogP contribution in [0, 0.1) is 6.92 Å². The van der Waals surface area contributed by atoms with Crippen LogP contribution in [-0.2, 0) is 6.61 Å². The summed E-state index contributed by atoms with van der Waals surface area (Å²) in [6.07, 6.45) is 0.815. The Balaban J connectivity index is 1.51. The summed E-state index contributed by atoms with van der Waals surface area (Å²) < 4.78 is 5.95. The Labute approximate surface area is 209 Å². The molecule has 4 aromatic rings. The fraction of sp³-hybridized carbons (Fsp3) is 0.214. The van der Waals surface area contributed by atoms with Crippen molar-refractivity contribution in [3.05, 3.63) is 99.7 Å². The Bertz CT molecular complexity index is 1370. The van der Waals surface area contributed by atoms with E-state index in [2.05, 4.69) is 10.2 Å². The van der Waals surface area contributed by atoms with Gasteiger partial charge in [-0.2, -0.15) is 5.10 Å². The summed E-state index contributed by atoms with van der Waals surface area (Å²) in [5.74, 6) is 0.721. The van der Waals surface area contributed by atoms with Crippen molar-refractivity contribution in [1.82, 2.24) is 15.1 Å². The van der Waals surface area contributed by atoms with Crippen molar-refractivity contribution in [2.24, 2.45) is 0 Å². The van der Waals surface area contributed by atoms with E-state index in [0.29, 0.717) is 35.1 Å². The number of hydrogen-bond acceptors (Lipinski definition) is 4. The fourth-order valence-corrected chi connectivity index (χ4v) is 4.73. The highest BCUT2D eigenvalue weighted by atomic mass is 35.5. The number of aromatic hydroxyl groups is 1. The Morgan fingerprint density at radius 3 is 2.57 bits per heavy atom. The van der Waals surface area contributed by atoms with Gasteiger partial charge < -0.3 is 14.7 Å². The van der Waals surface area contributed by atoms with Crippen molar-refractivity contribution >= 4 is 17.5 Å². The zero-order valence-electron chi connectivity index (χ0n) is 19.6. The van der Waals surface area contributed by atoms with Gasteiger partial charge in [-0.3, -0.25) is 9.89 Å². The van der Waals surface area contributed by atoms with E-state index in [4.69, 9.17) is 16.3 Å². The number of halogens is 1.